The van der Waals surface area contributed by atoms with Gasteiger partial charge in [0.2, 0.25) is 0 Å². The van der Waals surface area contributed by atoms with E-state index in [0.29, 0.717) is 18.1 Å². The molecule has 1 N–H and O–H groups in total. The molecule has 1 saturated carbocycles. The highest BCUT2D eigenvalue weighted by Crippen LogP contribution is 2.40. The van der Waals surface area contributed by atoms with Crippen molar-refractivity contribution in [3.63, 3.8) is 0 Å². The van der Waals surface area contributed by atoms with Crippen molar-refractivity contribution in [1.82, 2.24) is 19.9 Å². The number of likely N-dealkylation sites (tertiary alicyclic amines) is 1. The second-order valence-corrected chi connectivity index (χ2v) is 8.17. The average Bonchev–Trinajstić information content (AvgIpc) is 3.22. The second kappa shape index (κ2) is 7.21. The number of hydrogen-bond acceptors (Lipinski definition) is 4. The second-order valence-electron chi connectivity index (χ2n) is 8.17. The first-order valence-electron chi connectivity index (χ1n) is 10.3. The number of nitrogens with one attached hydrogen (secondary N) is 1. The summed E-state index contributed by atoms with van der Waals surface area (Å²) in [6.07, 6.45) is 13.9. The maximum absolute atomic E-state index is 5.66. The standard InChI is InChI=1S/C22H28N4O/c1-27-17-6-3-11-26(14-17)16-5-2-4-15(12-16)18-7-9-23-20-13-25-22-19(21(18)20)8-10-24-22/h7-10,13,15-17,23H,2-6,11-12,14H2,1H3. The quantitative estimate of drug-likeness (QED) is 0.755. The molecule has 0 aromatic carbocycles. The summed E-state index contributed by atoms with van der Waals surface area (Å²) in [6, 6.07) is 5.07. The molecule has 0 bridgehead atoms. The predicted molar refractivity (Wildman–Crippen MR) is 108 cm³/mol. The molecule has 1 aliphatic heterocycles. The summed E-state index contributed by atoms with van der Waals surface area (Å²) >= 11 is 0. The van der Waals surface area contributed by atoms with Crippen molar-refractivity contribution >= 4 is 21.9 Å². The molecule has 4 heterocycles. The maximum atomic E-state index is 5.66. The molecule has 5 nitrogen and oxygen atoms in total. The van der Waals surface area contributed by atoms with Gasteiger partial charge in [-0.3, -0.25) is 4.90 Å². The van der Waals surface area contributed by atoms with E-state index in [0.717, 1.165) is 17.7 Å². The highest BCUT2D eigenvalue weighted by atomic mass is 16.5. The first-order chi connectivity index (χ1) is 13.3. The van der Waals surface area contributed by atoms with Gasteiger partial charge in [-0.25, -0.2) is 9.97 Å². The summed E-state index contributed by atoms with van der Waals surface area (Å²) < 4.78 is 5.66. The van der Waals surface area contributed by atoms with Crippen LogP contribution < -0.4 is 0 Å². The van der Waals surface area contributed by atoms with Gasteiger partial charge < -0.3 is 9.72 Å². The number of ether oxygens (including phenoxy) is 1. The van der Waals surface area contributed by atoms with E-state index in [1.807, 2.05) is 19.5 Å². The van der Waals surface area contributed by atoms with Gasteiger partial charge in [-0.15, -0.1) is 0 Å². The van der Waals surface area contributed by atoms with Gasteiger partial charge in [0.1, 0.15) is 0 Å². The zero-order valence-electron chi connectivity index (χ0n) is 16.0. The van der Waals surface area contributed by atoms with Crippen LogP contribution in [0.5, 0.6) is 0 Å². The summed E-state index contributed by atoms with van der Waals surface area (Å²) in [7, 11) is 1.86. The fraction of sp³-hybridized carbons (Fsp3) is 0.545. The van der Waals surface area contributed by atoms with Crippen molar-refractivity contribution in [1.29, 1.82) is 0 Å². The summed E-state index contributed by atoms with van der Waals surface area (Å²) in [5, 5.41) is 2.50. The first-order valence-corrected chi connectivity index (χ1v) is 10.3. The van der Waals surface area contributed by atoms with Gasteiger partial charge in [-0.05, 0) is 62.3 Å². The molecule has 3 aromatic heterocycles. The third-order valence-corrected chi connectivity index (χ3v) is 6.67. The van der Waals surface area contributed by atoms with Crippen molar-refractivity contribution in [3.05, 3.63) is 36.3 Å². The monoisotopic (exact) mass is 364 g/mol. The molecule has 0 spiro atoms. The zero-order chi connectivity index (χ0) is 18.2. The summed E-state index contributed by atoms with van der Waals surface area (Å²) in [5.41, 5.74) is 3.44. The number of rotatable bonds is 3. The largest absolute Gasteiger partial charge is 0.380 e. The van der Waals surface area contributed by atoms with Crippen molar-refractivity contribution in [3.8, 4) is 0 Å². The minimum atomic E-state index is 0.410. The molecule has 0 radical (unpaired) electrons. The Kier molecular flexibility index (Phi) is 4.58. The van der Waals surface area contributed by atoms with Gasteiger partial charge in [0.15, 0.2) is 5.65 Å². The summed E-state index contributed by atoms with van der Waals surface area (Å²) in [6.45, 7) is 2.32. The van der Waals surface area contributed by atoms with Crippen molar-refractivity contribution in [2.75, 3.05) is 20.2 Å². The van der Waals surface area contributed by atoms with E-state index in [1.165, 1.54) is 61.4 Å². The molecule has 2 aliphatic rings. The highest BCUT2D eigenvalue weighted by molar-refractivity contribution is 6.05. The number of piperidine rings is 1. The SMILES string of the molecule is COC1CCCN(C2CCCC(c3cc[nH]c4cnc5nccc5c34)C2)C1. The molecule has 2 fully saturated rings. The van der Waals surface area contributed by atoms with Gasteiger partial charge in [0, 0.05) is 42.9 Å². The van der Waals surface area contributed by atoms with Crippen molar-refractivity contribution in [2.24, 2.45) is 0 Å². The molecule has 27 heavy (non-hydrogen) atoms. The maximum Gasteiger partial charge on any atom is 0.159 e. The Bertz CT molecular complexity index is 936. The van der Waals surface area contributed by atoms with E-state index in [1.54, 1.807) is 0 Å². The van der Waals surface area contributed by atoms with Crippen LogP contribution in [0.1, 0.15) is 50.0 Å². The average molecular weight is 364 g/mol. The van der Waals surface area contributed by atoms with E-state index in [-0.39, 0.29) is 0 Å². The van der Waals surface area contributed by atoms with Crippen LogP contribution in [0.4, 0.5) is 0 Å². The van der Waals surface area contributed by atoms with Crippen LogP contribution in [0.2, 0.25) is 0 Å². The van der Waals surface area contributed by atoms with Crippen molar-refractivity contribution < 1.29 is 4.74 Å². The Balaban J connectivity index is 1.47. The van der Waals surface area contributed by atoms with Crippen LogP contribution in [0.3, 0.4) is 0 Å². The fourth-order valence-corrected chi connectivity index (χ4v) is 5.29. The highest BCUT2D eigenvalue weighted by Gasteiger charge is 2.31. The molecule has 5 rings (SSSR count). The van der Waals surface area contributed by atoms with Crippen LogP contribution >= 0.6 is 0 Å². The molecular weight excluding hydrogens is 336 g/mol. The molecule has 5 heteroatoms. The Labute approximate surface area is 160 Å². The molecular formula is C22H28N4O. The number of H-pyrrole nitrogens is 1. The molecule has 1 aliphatic carbocycles. The number of pyridine rings is 2. The zero-order valence-corrected chi connectivity index (χ0v) is 16.0. The van der Waals surface area contributed by atoms with Crippen LogP contribution in [0.15, 0.2) is 30.7 Å². The number of aromatic nitrogens is 3. The lowest BCUT2D eigenvalue weighted by Gasteiger charge is -2.41. The number of fused-ring (bicyclic) bond motifs is 3. The molecule has 0 amide bonds. The van der Waals surface area contributed by atoms with Gasteiger partial charge in [-0.1, -0.05) is 6.42 Å². The Morgan fingerprint density at radius 1 is 1.15 bits per heavy atom. The number of aromatic amines is 1. The number of methoxy groups -OCH3 is 1. The lowest BCUT2D eigenvalue weighted by Crippen LogP contribution is -2.46. The number of hydrogen-bond donors (Lipinski definition) is 1. The minimum Gasteiger partial charge on any atom is -0.380 e. The van der Waals surface area contributed by atoms with E-state index >= 15 is 0 Å². The normalized spacial score (nSPS) is 27.4. The third-order valence-electron chi connectivity index (χ3n) is 6.67. The van der Waals surface area contributed by atoms with Crippen LogP contribution in [0, 0.1) is 0 Å². The first kappa shape index (κ1) is 17.1. The molecule has 3 atom stereocenters. The van der Waals surface area contributed by atoms with Gasteiger partial charge in [-0.2, -0.15) is 0 Å². The Hall–Kier alpha value is -1.98. The van der Waals surface area contributed by atoms with Crippen LogP contribution in [-0.2, 0) is 4.74 Å². The third kappa shape index (κ3) is 3.13. The molecule has 3 aromatic rings. The molecule has 142 valence electrons. The van der Waals surface area contributed by atoms with E-state index in [4.69, 9.17) is 4.74 Å². The Morgan fingerprint density at radius 2 is 2.11 bits per heavy atom. The topological polar surface area (TPSA) is 54.0 Å². The van der Waals surface area contributed by atoms with Crippen LogP contribution in [-0.4, -0.2) is 52.2 Å². The van der Waals surface area contributed by atoms with Gasteiger partial charge in [0.25, 0.3) is 0 Å². The fourth-order valence-electron chi connectivity index (χ4n) is 5.29. The lowest BCUT2D eigenvalue weighted by molar-refractivity contribution is 0.00607. The van der Waals surface area contributed by atoms with Crippen molar-refractivity contribution in [2.45, 2.75) is 56.6 Å². The smallest absolute Gasteiger partial charge is 0.159 e. The lowest BCUT2D eigenvalue weighted by atomic mass is 9.79. The van der Waals surface area contributed by atoms with Gasteiger partial charge >= 0.3 is 0 Å². The van der Waals surface area contributed by atoms with E-state index < -0.39 is 0 Å². The molecule has 1 saturated heterocycles. The van der Waals surface area contributed by atoms with E-state index in [2.05, 4.69) is 38.2 Å². The number of nitrogens with zero attached hydrogens (tertiary/aromatic N) is 3. The van der Waals surface area contributed by atoms with Crippen LogP contribution in [0.25, 0.3) is 21.9 Å². The molecule has 3 unspecified atom stereocenters. The minimum absolute atomic E-state index is 0.410. The van der Waals surface area contributed by atoms with Gasteiger partial charge in [0.05, 0.1) is 17.8 Å². The summed E-state index contributed by atoms with van der Waals surface area (Å²) in [4.78, 5) is 15.0. The Morgan fingerprint density at radius 3 is 3.04 bits per heavy atom. The predicted octanol–water partition coefficient (Wildman–Crippen LogP) is 4.25. The van der Waals surface area contributed by atoms with E-state index in [9.17, 15) is 0 Å². The summed E-state index contributed by atoms with van der Waals surface area (Å²) in [5.74, 6) is 0.601.